The number of ether oxygens (including phenoxy) is 4. The van der Waals surface area contributed by atoms with Crippen molar-refractivity contribution in [3.63, 3.8) is 0 Å². The molecule has 1 aromatic carbocycles. The van der Waals surface area contributed by atoms with Gasteiger partial charge in [-0.2, -0.15) is 0 Å². The highest BCUT2D eigenvalue weighted by Gasteiger charge is 2.13. The van der Waals surface area contributed by atoms with E-state index in [1.807, 2.05) is 31.2 Å². The van der Waals surface area contributed by atoms with Crippen molar-refractivity contribution < 1.29 is 18.9 Å². The highest BCUT2D eigenvalue weighted by Crippen LogP contribution is 2.35. The molecule has 0 saturated heterocycles. The van der Waals surface area contributed by atoms with Crippen molar-refractivity contribution in [3.8, 4) is 17.2 Å². The quantitative estimate of drug-likeness (QED) is 0.716. The van der Waals surface area contributed by atoms with Gasteiger partial charge in [0, 0.05) is 12.7 Å². The van der Waals surface area contributed by atoms with Crippen LogP contribution >= 0.6 is 0 Å². The zero-order chi connectivity index (χ0) is 14.4. The predicted molar refractivity (Wildman–Crippen MR) is 77.5 cm³/mol. The summed E-state index contributed by atoms with van der Waals surface area (Å²) < 4.78 is 21.8. The van der Waals surface area contributed by atoms with E-state index in [2.05, 4.69) is 13.8 Å². The van der Waals surface area contributed by atoms with E-state index in [0.29, 0.717) is 19.1 Å². The molecule has 0 saturated carbocycles. The summed E-state index contributed by atoms with van der Waals surface area (Å²) in [5, 5.41) is 0. The van der Waals surface area contributed by atoms with Gasteiger partial charge in [-0.25, -0.2) is 0 Å². The monoisotopic (exact) mass is 278 g/mol. The van der Waals surface area contributed by atoms with Gasteiger partial charge in [-0.1, -0.05) is 13.8 Å². The van der Waals surface area contributed by atoms with Gasteiger partial charge in [0.2, 0.25) is 6.79 Å². The second-order valence-corrected chi connectivity index (χ2v) is 5.29. The summed E-state index contributed by atoms with van der Waals surface area (Å²) in [6, 6.07) is 5.59. The Morgan fingerprint density at radius 2 is 2.10 bits per heavy atom. The summed E-state index contributed by atoms with van der Waals surface area (Å²) in [5.74, 6) is 2.85. The normalized spacial score (nSPS) is 13.9. The van der Waals surface area contributed by atoms with Crippen molar-refractivity contribution in [1.29, 1.82) is 0 Å². The lowest BCUT2D eigenvalue weighted by Gasteiger charge is -2.08. The molecule has 0 N–H and O–H groups in total. The number of hydrogen-bond donors (Lipinski definition) is 0. The Bertz CT molecular complexity index is 466. The first-order valence-corrected chi connectivity index (χ1v) is 6.91. The lowest BCUT2D eigenvalue weighted by molar-refractivity contribution is 0.129. The van der Waals surface area contributed by atoms with E-state index >= 15 is 0 Å². The molecule has 0 unspecified atom stereocenters. The molecule has 0 spiro atoms. The van der Waals surface area contributed by atoms with Crippen LogP contribution in [0.1, 0.15) is 20.8 Å². The van der Waals surface area contributed by atoms with Crippen LogP contribution in [0.25, 0.3) is 0 Å². The van der Waals surface area contributed by atoms with Crippen molar-refractivity contribution in [2.75, 3.05) is 26.6 Å². The maximum atomic E-state index is 5.66. The number of fused-ring (bicyclic) bond motifs is 1. The molecule has 0 aromatic heterocycles. The van der Waals surface area contributed by atoms with Gasteiger partial charge in [-0.05, 0) is 36.6 Å². The van der Waals surface area contributed by atoms with Gasteiger partial charge in [0.1, 0.15) is 12.4 Å². The Labute approximate surface area is 120 Å². The molecular formula is C16H22O4. The van der Waals surface area contributed by atoms with Crippen LogP contribution in [-0.4, -0.2) is 26.6 Å². The van der Waals surface area contributed by atoms with Crippen molar-refractivity contribution in [3.05, 3.63) is 29.8 Å². The van der Waals surface area contributed by atoms with Gasteiger partial charge in [-0.3, -0.25) is 0 Å². The third-order valence-corrected chi connectivity index (χ3v) is 2.81. The van der Waals surface area contributed by atoms with E-state index in [1.165, 1.54) is 5.57 Å². The molecule has 4 nitrogen and oxygen atoms in total. The SMILES string of the molecule is CC(=CCOc1ccc2c(c1)OCO2)COCC(C)C. The van der Waals surface area contributed by atoms with Crippen LogP contribution in [0.4, 0.5) is 0 Å². The van der Waals surface area contributed by atoms with E-state index in [4.69, 9.17) is 18.9 Å². The van der Waals surface area contributed by atoms with Crippen molar-refractivity contribution in [1.82, 2.24) is 0 Å². The van der Waals surface area contributed by atoms with E-state index in [9.17, 15) is 0 Å². The summed E-state index contributed by atoms with van der Waals surface area (Å²) in [6.45, 7) is 8.57. The van der Waals surface area contributed by atoms with Crippen LogP contribution in [0, 0.1) is 5.92 Å². The average Bonchev–Trinajstić information content (AvgIpc) is 2.85. The predicted octanol–water partition coefficient (Wildman–Crippen LogP) is 3.41. The molecule has 0 amide bonds. The zero-order valence-corrected chi connectivity index (χ0v) is 12.3. The first-order valence-electron chi connectivity index (χ1n) is 6.91. The van der Waals surface area contributed by atoms with Crippen molar-refractivity contribution >= 4 is 0 Å². The molecule has 1 aliphatic rings. The van der Waals surface area contributed by atoms with Gasteiger partial charge in [0.25, 0.3) is 0 Å². The maximum absolute atomic E-state index is 5.66. The third kappa shape index (κ3) is 4.46. The summed E-state index contributed by atoms with van der Waals surface area (Å²) in [4.78, 5) is 0. The summed E-state index contributed by atoms with van der Waals surface area (Å²) in [5.41, 5.74) is 1.17. The molecule has 0 aliphatic carbocycles. The summed E-state index contributed by atoms with van der Waals surface area (Å²) >= 11 is 0. The lowest BCUT2D eigenvalue weighted by Crippen LogP contribution is -2.04. The molecule has 1 aromatic rings. The number of benzene rings is 1. The van der Waals surface area contributed by atoms with Crippen LogP contribution in [0.5, 0.6) is 17.2 Å². The third-order valence-electron chi connectivity index (χ3n) is 2.81. The van der Waals surface area contributed by atoms with Crippen LogP contribution in [-0.2, 0) is 4.74 Å². The Morgan fingerprint density at radius 3 is 2.90 bits per heavy atom. The highest BCUT2D eigenvalue weighted by molar-refractivity contribution is 5.46. The highest BCUT2D eigenvalue weighted by atomic mass is 16.7. The fourth-order valence-electron chi connectivity index (χ4n) is 1.76. The Morgan fingerprint density at radius 1 is 1.30 bits per heavy atom. The average molecular weight is 278 g/mol. The van der Waals surface area contributed by atoms with Crippen molar-refractivity contribution in [2.45, 2.75) is 20.8 Å². The molecule has 0 radical (unpaired) electrons. The second-order valence-electron chi connectivity index (χ2n) is 5.29. The van der Waals surface area contributed by atoms with Gasteiger partial charge >= 0.3 is 0 Å². The summed E-state index contributed by atoms with van der Waals surface area (Å²) in [7, 11) is 0. The molecule has 110 valence electrons. The molecule has 4 heteroatoms. The molecule has 20 heavy (non-hydrogen) atoms. The largest absolute Gasteiger partial charge is 0.489 e. The van der Waals surface area contributed by atoms with Gasteiger partial charge < -0.3 is 18.9 Å². The standard InChI is InChI=1S/C16H22O4/c1-12(2)9-17-10-13(3)6-7-18-14-4-5-15-16(8-14)20-11-19-15/h4-6,8,12H,7,9-11H2,1-3H3. The molecule has 2 rings (SSSR count). The molecular weight excluding hydrogens is 256 g/mol. The molecule has 0 atom stereocenters. The number of rotatable bonds is 7. The Hall–Kier alpha value is -1.68. The minimum absolute atomic E-state index is 0.283. The van der Waals surface area contributed by atoms with E-state index < -0.39 is 0 Å². The fraction of sp³-hybridized carbons (Fsp3) is 0.500. The second kappa shape index (κ2) is 7.20. The Kier molecular flexibility index (Phi) is 5.30. The first kappa shape index (κ1) is 14.7. The zero-order valence-electron chi connectivity index (χ0n) is 12.3. The summed E-state index contributed by atoms with van der Waals surface area (Å²) in [6.07, 6.45) is 2.03. The molecule has 1 heterocycles. The van der Waals surface area contributed by atoms with Crippen molar-refractivity contribution in [2.24, 2.45) is 5.92 Å². The topological polar surface area (TPSA) is 36.9 Å². The van der Waals surface area contributed by atoms with Crippen LogP contribution in [0.15, 0.2) is 29.8 Å². The van der Waals surface area contributed by atoms with E-state index in [1.54, 1.807) is 0 Å². The fourth-order valence-corrected chi connectivity index (χ4v) is 1.76. The molecule has 0 fully saturated rings. The number of hydrogen-bond acceptors (Lipinski definition) is 4. The molecule has 1 aliphatic heterocycles. The van der Waals surface area contributed by atoms with Gasteiger partial charge in [0.15, 0.2) is 11.5 Å². The van der Waals surface area contributed by atoms with Gasteiger partial charge in [-0.15, -0.1) is 0 Å². The van der Waals surface area contributed by atoms with Crippen LogP contribution in [0.3, 0.4) is 0 Å². The van der Waals surface area contributed by atoms with E-state index in [0.717, 1.165) is 23.9 Å². The minimum atomic E-state index is 0.283. The smallest absolute Gasteiger partial charge is 0.231 e. The lowest BCUT2D eigenvalue weighted by atomic mass is 10.2. The van der Waals surface area contributed by atoms with Gasteiger partial charge in [0.05, 0.1) is 6.61 Å². The molecule has 0 bridgehead atoms. The van der Waals surface area contributed by atoms with Crippen LogP contribution < -0.4 is 14.2 Å². The maximum Gasteiger partial charge on any atom is 0.231 e. The Balaban J connectivity index is 1.74. The minimum Gasteiger partial charge on any atom is -0.489 e. The van der Waals surface area contributed by atoms with E-state index in [-0.39, 0.29) is 6.79 Å². The van der Waals surface area contributed by atoms with Crippen LogP contribution in [0.2, 0.25) is 0 Å². The first-order chi connectivity index (χ1) is 9.65.